The summed E-state index contributed by atoms with van der Waals surface area (Å²) in [6, 6.07) is 10.2. The summed E-state index contributed by atoms with van der Waals surface area (Å²) in [5.41, 5.74) is 13.4. The molecule has 4 N–H and O–H groups in total. The molecule has 0 fully saturated rings. The van der Waals surface area contributed by atoms with Crippen LogP contribution in [0.2, 0.25) is 10.0 Å². The number of guanidine groups is 1. The lowest BCUT2D eigenvalue weighted by Gasteiger charge is -2.33. The third kappa shape index (κ3) is 5.23. The summed E-state index contributed by atoms with van der Waals surface area (Å²) in [5.74, 6) is -0.471. The summed E-state index contributed by atoms with van der Waals surface area (Å²) < 4.78 is 27.5. The van der Waals surface area contributed by atoms with E-state index in [0.29, 0.717) is 10.0 Å². The Morgan fingerprint density at radius 2 is 1.75 bits per heavy atom. The molecule has 1 unspecified atom stereocenters. The van der Waals surface area contributed by atoms with Gasteiger partial charge in [-0.3, -0.25) is 0 Å². The molecule has 0 spiro atoms. The number of hydrogen-bond acceptors (Lipinski definition) is 3. The zero-order valence-electron chi connectivity index (χ0n) is 14.8. The van der Waals surface area contributed by atoms with Crippen molar-refractivity contribution in [3.8, 4) is 0 Å². The van der Waals surface area contributed by atoms with Crippen LogP contribution in [0.3, 0.4) is 0 Å². The smallest absolute Gasteiger partial charge is 0.285 e. The number of nitrogens with two attached hydrogens (primary N) is 2. The molecule has 3 rings (SSSR count). The lowest BCUT2D eigenvalue weighted by molar-refractivity contribution is 0.295. The molecule has 0 bridgehead atoms. The second-order valence-electron chi connectivity index (χ2n) is 6.26. The van der Waals surface area contributed by atoms with E-state index in [-0.39, 0.29) is 35.6 Å². The first-order valence-electron chi connectivity index (χ1n) is 7.79. The van der Waals surface area contributed by atoms with Gasteiger partial charge < -0.3 is 16.4 Å². The van der Waals surface area contributed by atoms with E-state index in [9.17, 15) is 8.42 Å². The first-order chi connectivity index (χ1) is 12.2. The first-order valence-corrected chi connectivity index (χ1v) is 9.99. The first kappa shape index (κ1) is 24.8. The number of benzene rings is 2. The van der Waals surface area contributed by atoms with Crippen LogP contribution in [0.5, 0.6) is 0 Å². The number of likely N-dealkylation sites (N-methyl/N-ethyl adjacent to an activating group) is 1. The van der Waals surface area contributed by atoms with E-state index in [1.54, 1.807) is 18.2 Å². The zero-order chi connectivity index (χ0) is 19.1. The Morgan fingerprint density at radius 1 is 1.14 bits per heavy atom. The minimum absolute atomic E-state index is 0. The van der Waals surface area contributed by atoms with Crippen molar-refractivity contribution in [1.82, 2.24) is 4.90 Å². The van der Waals surface area contributed by atoms with Crippen LogP contribution < -0.4 is 11.5 Å². The largest absolute Gasteiger partial charge is 0.369 e. The molecule has 0 saturated heterocycles. The number of sulfonamides is 1. The Kier molecular flexibility index (Phi) is 8.44. The van der Waals surface area contributed by atoms with Gasteiger partial charge in [0, 0.05) is 29.1 Å². The van der Waals surface area contributed by atoms with Crippen LogP contribution in [0.15, 0.2) is 45.7 Å². The van der Waals surface area contributed by atoms with Gasteiger partial charge in [-0.05, 0) is 48.0 Å². The fourth-order valence-electron chi connectivity index (χ4n) is 3.19. The maximum atomic E-state index is 12.1. The summed E-state index contributed by atoms with van der Waals surface area (Å²) in [5, 5.41) is 1.21. The van der Waals surface area contributed by atoms with E-state index in [1.165, 1.54) is 12.1 Å². The molecule has 1 heterocycles. The van der Waals surface area contributed by atoms with E-state index in [0.717, 1.165) is 29.8 Å². The van der Waals surface area contributed by atoms with Gasteiger partial charge in [0.15, 0.2) is 0 Å². The molecule has 0 amide bonds. The predicted molar refractivity (Wildman–Crippen MR) is 119 cm³/mol. The Morgan fingerprint density at radius 3 is 2.32 bits per heavy atom. The summed E-state index contributed by atoms with van der Waals surface area (Å²) >= 11 is 12.6. The van der Waals surface area contributed by atoms with Crippen LogP contribution >= 0.6 is 48.0 Å². The predicted octanol–water partition coefficient (Wildman–Crippen LogP) is 3.38. The zero-order valence-corrected chi connectivity index (χ0v) is 18.8. The molecule has 1 aliphatic heterocycles. The van der Waals surface area contributed by atoms with Gasteiger partial charge >= 0.3 is 0 Å². The summed E-state index contributed by atoms with van der Waals surface area (Å²) in [4.78, 5) is 2.19. The van der Waals surface area contributed by atoms with Gasteiger partial charge in [-0.2, -0.15) is 8.42 Å². The van der Waals surface area contributed by atoms with Gasteiger partial charge in [-0.1, -0.05) is 35.3 Å². The highest BCUT2D eigenvalue weighted by Gasteiger charge is 2.27. The van der Waals surface area contributed by atoms with Crippen LogP contribution in [0.1, 0.15) is 22.6 Å². The molecular weight excluding hydrogens is 466 g/mol. The van der Waals surface area contributed by atoms with Gasteiger partial charge in [0.2, 0.25) is 5.96 Å². The third-order valence-corrected chi connectivity index (χ3v) is 6.17. The summed E-state index contributed by atoms with van der Waals surface area (Å²) in [6.07, 6.45) is 0. The van der Waals surface area contributed by atoms with Crippen LogP contribution in [0.4, 0.5) is 0 Å². The minimum atomic E-state index is -3.91. The topological polar surface area (TPSA) is 102 Å². The summed E-state index contributed by atoms with van der Waals surface area (Å²) in [7, 11) is -1.89. The monoisotopic (exact) mass is 484 g/mol. The van der Waals surface area contributed by atoms with Crippen molar-refractivity contribution in [2.75, 3.05) is 13.6 Å². The molecule has 0 aliphatic carbocycles. The van der Waals surface area contributed by atoms with Gasteiger partial charge in [0.25, 0.3) is 10.0 Å². The maximum absolute atomic E-state index is 12.1. The average molecular weight is 486 g/mol. The highest BCUT2D eigenvalue weighted by Crippen LogP contribution is 2.38. The van der Waals surface area contributed by atoms with Crippen molar-refractivity contribution in [3.63, 3.8) is 0 Å². The van der Waals surface area contributed by atoms with Crippen LogP contribution in [-0.4, -0.2) is 32.9 Å². The lowest BCUT2D eigenvalue weighted by atomic mass is 9.85. The molecule has 6 nitrogen and oxygen atoms in total. The molecular formula is C17H20Cl4N4O2S. The fourth-order valence-corrected chi connectivity index (χ4v) is 4.63. The van der Waals surface area contributed by atoms with Crippen molar-refractivity contribution in [1.29, 1.82) is 0 Å². The Hall–Kier alpha value is -1.22. The van der Waals surface area contributed by atoms with Crippen LogP contribution in [0.25, 0.3) is 0 Å². The van der Waals surface area contributed by atoms with E-state index < -0.39 is 16.0 Å². The normalized spacial score (nSPS) is 16.3. The molecule has 2 aromatic carbocycles. The second kappa shape index (κ2) is 9.52. The van der Waals surface area contributed by atoms with E-state index in [1.807, 2.05) is 13.1 Å². The van der Waals surface area contributed by atoms with Gasteiger partial charge in [-0.25, -0.2) is 0 Å². The van der Waals surface area contributed by atoms with Gasteiger partial charge in [-0.15, -0.1) is 29.2 Å². The van der Waals surface area contributed by atoms with Crippen molar-refractivity contribution in [2.45, 2.75) is 17.4 Å². The SMILES string of the molecule is CN1Cc2c(Cl)cc(Cl)cc2C(c2ccc(S(=O)(=O)N=C(N)N)cc2)C1.Cl.Cl. The van der Waals surface area contributed by atoms with Crippen molar-refractivity contribution in [2.24, 2.45) is 15.9 Å². The molecule has 28 heavy (non-hydrogen) atoms. The van der Waals surface area contributed by atoms with E-state index in [4.69, 9.17) is 34.7 Å². The van der Waals surface area contributed by atoms with Crippen molar-refractivity contribution < 1.29 is 8.42 Å². The fraction of sp³-hybridized carbons (Fsp3) is 0.235. The molecule has 0 saturated carbocycles. The Bertz CT molecular complexity index is 977. The molecule has 2 aromatic rings. The lowest BCUT2D eigenvalue weighted by Crippen LogP contribution is -2.31. The quantitative estimate of drug-likeness (QED) is 0.512. The summed E-state index contributed by atoms with van der Waals surface area (Å²) in [6.45, 7) is 1.50. The van der Waals surface area contributed by atoms with E-state index in [2.05, 4.69) is 9.30 Å². The third-order valence-electron chi connectivity index (χ3n) is 4.30. The number of nitrogens with zero attached hydrogens (tertiary/aromatic N) is 2. The molecule has 1 aliphatic rings. The van der Waals surface area contributed by atoms with E-state index >= 15 is 0 Å². The average Bonchev–Trinajstić information content (AvgIpc) is 2.54. The maximum Gasteiger partial charge on any atom is 0.285 e. The van der Waals surface area contributed by atoms with Crippen molar-refractivity contribution >= 4 is 64.0 Å². The van der Waals surface area contributed by atoms with Crippen LogP contribution in [-0.2, 0) is 16.6 Å². The van der Waals surface area contributed by atoms with Gasteiger partial charge in [0.05, 0.1) is 4.90 Å². The molecule has 0 radical (unpaired) electrons. The molecule has 0 aromatic heterocycles. The highest BCUT2D eigenvalue weighted by atomic mass is 35.5. The number of halogens is 4. The van der Waals surface area contributed by atoms with Crippen molar-refractivity contribution in [3.05, 3.63) is 63.1 Å². The number of hydrogen-bond donors (Lipinski definition) is 2. The molecule has 1 atom stereocenters. The number of rotatable bonds is 3. The second-order valence-corrected chi connectivity index (χ2v) is 8.71. The Labute approximate surface area is 186 Å². The Balaban J connectivity index is 0.00000196. The minimum Gasteiger partial charge on any atom is -0.369 e. The number of fused-ring (bicyclic) bond motifs is 1. The standard InChI is InChI=1S/C17H18Cl2N4O2S.2ClH/c1-23-8-14(13-6-11(18)7-16(19)15(13)9-23)10-2-4-12(5-3-10)26(24,25)22-17(20)21;;/h2-7,14H,8-9H2,1H3,(H4,20,21,22);2*1H. The molecule has 11 heteroatoms. The van der Waals surface area contributed by atoms with Crippen LogP contribution in [0, 0.1) is 0 Å². The molecule has 154 valence electrons. The highest BCUT2D eigenvalue weighted by molar-refractivity contribution is 7.90. The van der Waals surface area contributed by atoms with Gasteiger partial charge in [0.1, 0.15) is 0 Å².